The molecule has 182 valence electrons. The predicted molar refractivity (Wildman–Crippen MR) is 135 cm³/mol. The fourth-order valence-corrected chi connectivity index (χ4v) is 9.34. The van der Waals surface area contributed by atoms with E-state index < -0.39 is 0 Å². The Bertz CT molecular complexity index is 724. The summed E-state index contributed by atoms with van der Waals surface area (Å²) in [5.74, 6) is 6.10. The van der Waals surface area contributed by atoms with Crippen LogP contribution in [0.2, 0.25) is 0 Å². The quantitative estimate of drug-likeness (QED) is 0.391. The van der Waals surface area contributed by atoms with Crippen LogP contribution in [-0.2, 0) is 4.79 Å². The molecule has 3 fully saturated rings. The van der Waals surface area contributed by atoms with Gasteiger partial charge >= 0.3 is 0 Å². The van der Waals surface area contributed by atoms with Crippen LogP contribution in [0.15, 0.2) is 11.8 Å². The summed E-state index contributed by atoms with van der Waals surface area (Å²) in [5, 5.41) is 0. The van der Waals surface area contributed by atoms with Crippen LogP contribution in [0, 0.1) is 52.3 Å². The SMILES string of the molecule is CCCC1C=C2N(C)C(=O)CCC2(C)C2CC[C@]3(C)C(C(C)CCCC(C)C)CCC3C12. The van der Waals surface area contributed by atoms with Crippen molar-refractivity contribution >= 4 is 5.91 Å². The third-order valence-corrected chi connectivity index (χ3v) is 11.0. The van der Waals surface area contributed by atoms with Gasteiger partial charge in [0.2, 0.25) is 5.91 Å². The van der Waals surface area contributed by atoms with E-state index in [-0.39, 0.29) is 5.41 Å². The maximum atomic E-state index is 12.6. The molecule has 0 aromatic heterocycles. The summed E-state index contributed by atoms with van der Waals surface area (Å²) in [4.78, 5) is 14.6. The molecule has 1 heterocycles. The topological polar surface area (TPSA) is 20.3 Å². The van der Waals surface area contributed by atoms with E-state index >= 15 is 0 Å². The highest BCUT2D eigenvalue weighted by molar-refractivity contribution is 5.79. The molecule has 7 unspecified atom stereocenters. The fraction of sp³-hybridized carbons (Fsp3) is 0.900. The van der Waals surface area contributed by atoms with E-state index in [0.717, 1.165) is 48.3 Å². The highest BCUT2D eigenvalue weighted by atomic mass is 16.2. The normalized spacial score (nSPS) is 42.4. The van der Waals surface area contributed by atoms with Gasteiger partial charge in [0, 0.05) is 24.6 Å². The molecule has 32 heavy (non-hydrogen) atoms. The second-order valence-electron chi connectivity index (χ2n) is 13.2. The Hall–Kier alpha value is -0.790. The van der Waals surface area contributed by atoms with Crippen molar-refractivity contribution in [1.82, 2.24) is 4.90 Å². The lowest BCUT2D eigenvalue weighted by Gasteiger charge is -2.61. The number of likely N-dealkylation sites (tertiary alicyclic amines) is 1. The molecule has 8 atom stereocenters. The van der Waals surface area contributed by atoms with Gasteiger partial charge in [0.25, 0.3) is 0 Å². The second-order valence-corrected chi connectivity index (χ2v) is 13.2. The summed E-state index contributed by atoms with van der Waals surface area (Å²) in [7, 11) is 2.05. The molecule has 2 nitrogen and oxygen atoms in total. The number of hydrogen-bond donors (Lipinski definition) is 0. The van der Waals surface area contributed by atoms with Crippen molar-refractivity contribution in [2.75, 3.05) is 7.05 Å². The summed E-state index contributed by atoms with van der Waals surface area (Å²) in [6.45, 7) is 14.9. The number of amides is 1. The number of nitrogens with zero attached hydrogens (tertiary/aromatic N) is 1. The number of rotatable bonds is 7. The van der Waals surface area contributed by atoms with E-state index in [0.29, 0.717) is 17.2 Å². The highest BCUT2D eigenvalue weighted by Gasteiger charge is 2.61. The zero-order valence-corrected chi connectivity index (χ0v) is 22.3. The Morgan fingerprint density at radius 2 is 1.81 bits per heavy atom. The molecular formula is C30H51NO. The van der Waals surface area contributed by atoms with E-state index in [9.17, 15) is 4.79 Å². The molecular weight excluding hydrogens is 390 g/mol. The summed E-state index contributed by atoms with van der Waals surface area (Å²) in [5.41, 5.74) is 2.12. The van der Waals surface area contributed by atoms with Crippen molar-refractivity contribution in [3.05, 3.63) is 11.8 Å². The van der Waals surface area contributed by atoms with Crippen LogP contribution in [-0.4, -0.2) is 17.9 Å². The first kappa shape index (κ1) is 24.3. The van der Waals surface area contributed by atoms with Gasteiger partial charge in [-0.25, -0.2) is 0 Å². The Morgan fingerprint density at radius 3 is 2.50 bits per heavy atom. The lowest BCUT2D eigenvalue weighted by Crippen LogP contribution is -2.56. The van der Waals surface area contributed by atoms with Gasteiger partial charge in [-0.2, -0.15) is 0 Å². The molecule has 0 radical (unpaired) electrons. The predicted octanol–water partition coefficient (Wildman–Crippen LogP) is 8.08. The van der Waals surface area contributed by atoms with Gasteiger partial charge in [-0.05, 0) is 85.4 Å². The molecule has 0 N–H and O–H groups in total. The molecule has 3 aliphatic carbocycles. The standard InChI is InChI=1S/C30H51NO/c1-8-10-22-19-26-30(6,18-16-27(32)31(26)7)25-15-17-29(5)23(13-14-24(29)28(22)25)21(4)12-9-11-20(2)3/h19-25,28H,8-18H2,1-7H3/t21?,22?,23?,24?,25?,28?,29-,30?/m1/s1. The van der Waals surface area contributed by atoms with Crippen molar-refractivity contribution in [1.29, 1.82) is 0 Å². The van der Waals surface area contributed by atoms with Crippen LogP contribution < -0.4 is 0 Å². The molecule has 0 aromatic rings. The minimum absolute atomic E-state index is 0.208. The summed E-state index contributed by atoms with van der Waals surface area (Å²) in [6.07, 6.45) is 16.9. The monoisotopic (exact) mass is 441 g/mol. The molecule has 2 heteroatoms. The zero-order valence-electron chi connectivity index (χ0n) is 22.3. The molecule has 1 saturated heterocycles. The number of hydrogen-bond acceptors (Lipinski definition) is 1. The van der Waals surface area contributed by atoms with Crippen molar-refractivity contribution < 1.29 is 4.79 Å². The molecule has 0 bridgehead atoms. The van der Waals surface area contributed by atoms with Crippen LogP contribution in [0.3, 0.4) is 0 Å². The number of piperidine rings is 1. The molecule has 0 spiro atoms. The summed E-state index contributed by atoms with van der Waals surface area (Å²) < 4.78 is 0. The number of carbonyl (C=O) groups excluding carboxylic acids is 1. The van der Waals surface area contributed by atoms with Gasteiger partial charge in [0.05, 0.1) is 0 Å². The van der Waals surface area contributed by atoms with Crippen LogP contribution in [0.5, 0.6) is 0 Å². The summed E-state index contributed by atoms with van der Waals surface area (Å²) in [6, 6.07) is 0. The molecule has 1 amide bonds. The third kappa shape index (κ3) is 3.90. The Morgan fingerprint density at radius 1 is 1.06 bits per heavy atom. The van der Waals surface area contributed by atoms with Gasteiger partial charge in [-0.15, -0.1) is 0 Å². The van der Waals surface area contributed by atoms with Crippen molar-refractivity contribution in [2.24, 2.45) is 52.3 Å². The maximum absolute atomic E-state index is 12.6. The third-order valence-electron chi connectivity index (χ3n) is 11.0. The minimum Gasteiger partial charge on any atom is -0.319 e. The van der Waals surface area contributed by atoms with Gasteiger partial charge in [0.1, 0.15) is 0 Å². The number of allylic oxidation sites excluding steroid dienone is 2. The van der Waals surface area contributed by atoms with Gasteiger partial charge < -0.3 is 4.90 Å². The first-order chi connectivity index (χ1) is 15.1. The smallest absolute Gasteiger partial charge is 0.226 e. The first-order valence-corrected chi connectivity index (χ1v) is 14.1. The first-order valence-electron chi connectivity index (χ1n) is 14.1. The zero-order chi connectivity index (χ0) is 23.3. The van der Waals surface area contributed by atoms with Crippen LogP contribution in [0.4, 0.5) is 0 Å². The van der Waals surface area contributed by atoms with Gasteiger partial charge in [-0.1, -0.05) is 73.3 Å². The number of fused-ring (bicyclic) bond motifs is 5. The Balaban J connectivity index is 1.61. The van der Waals surface area contributed by atoms with Crippen LogP contribution in [0.1, 0.15) is 112 Å². The summed E-state index contributed by atoms with van der Waals surface area (Å²) >= 11 is 0. The Labute approximate surface area is 199 Å². The van der Waals surface area contributed by atoms with Crippen molar-refractivity contribution in [2.45, 2.75) is 112 Å². The number of carbonyl (C=O) groups is 1. The lowest BCUT2D eigenvalue weighted by atomic mass is 9.46. The molecule has 4 aliphatic rings. The lowest BCUT2D eigenvalue weighted by molar-refractivity contribution is -0.137. The largest absolute Gasteiger partial charge is 0.319 e. The van der Waals surface area contributed by atoms with E-state index in [4.69, 9.17) is 0 Å². The van der Waals surface area contributed by atoms with E-state index in [1.54, 1.807) is 0 Å². The van der Waals surface area contributed by atoms with Crippen LogP contribution in [0.25, 0.3) is 0 Å². The maximum Gasteiger partial charge on any atom is 0.226 e. The molecule has 1 aliphatic heterocycles. The Kier molecular flexibility index (Phi) is 6.92. The van der Waals surface area contributed by atoms with E-state index in [2.05, 4.69) is 47.6 Å². The molecule has 4 rings (SSSR count). The average molecular weight is 442 g/mol. The average Bonchev–Trinajstić information content (AvgIpc) is 3.09. The van der Waals surface area contributed by atoms with Crippen LogP contribution >= 0.6 is 0 Å². The van der Waals surface area contributed by atoms with E-state index in [1.807, 2.05) is 11.9 Å². The van der Waals surface area contributed by atoms with Gasteiger partial charge in [0.15, 0.2) is 0 Å². The van der Waals surface area contributed by atoms with Gasteiger partial charge in [-0.3, -0.25) is 4.79 Å². The molecule has 0 aromatic carbocycles. The van der Waals surface area contributed by atoms with Crippen molar-refractivity contribution in [3.63, 3.8) is 0 Å². The van der Waals surface area contributed by atoms with Crippen molar-refractivity contribution in [3.8, 4) is 0 Å². The highest BCUT2D eigenvalue weighted by Crippen LogP contribution is 2.68. The van der Waals surface area contributed by atoms with E-state index in [1.165, 1.54) is 63.5 Å². The fourth-order valence-electron chi connectivity index (χ4n) is 9.34. The minimum atomic E-state index is 0.208. The second kappa shape index (κ2) is 9.10. The molecule has 2 saturated carbocycles.